The Hall–Kier alpha value is -3.99. The number of carbonyl (C=O) groups is 1. The van der Waals surface area contributed by atoms with Crippen LogP contribution < -0.4 is 20.3 Å². The molecule has 0 atom stereocenters. The van der Waals surface area contributed by atoms with Gasteiger partial charge < -0.3 is 30.1 Å². The van der Waals surface area contributed by atoms with E-state index in [1.165, 1.54) is 56.8 Å². The average Bonchev–Trinajstić information content (AvgIpc) is 3.02. The SMILES string of the molecule is CCN(C(=O)c1cc(F)ccc1Oc1cncnc1N1CC2(CCN(CC3CCN(c4ccc(N)nc4)CC3)CC2)C1)C(C)C. The highest BCUT2D eigenvalue weighted by Crippen LogP contribution is 2.45. The molecule has 3 aliphatic heterocycles. The molecule has 3 aromatic rings. The molecule has 45 heavy (non-hydrogen) atoms. The Bertz CT molecular complexity index is 1460. The predicted molar refractivity (Wildman–Crippen MR) is 174 cm³/mol. The molecule has 11 heteroatoms. The van der Waals surface area contributed by atoms with Crippen molar-refractivity contribution in [2.45, 2.75) is 52.5 Å². The number of benzene rings is 1. The second-order valence-corrected chi connectivity index (χ2v) is 13.2. The van der Waals surface area contributed by atoms with Gasteiger partial charge in [-0.3, -0.25) is 4.79 Å². The van der Waals surface area contributed by atoms with Gasteiger partial charge in [-0.05, 0) is 95.8 Å². The van der Waals surface area contributed by atoms with Crippen LogP contribution in [0, 0.1) is 17.2 Å². The van der Waals surface area contributed by atoms with Gasteiger partial charge in [0.1, 0.15) is 23.7 Å². The molecule has 2 N–H and O–H groups in total. The Kier molecular flexibility index (Phi) is 9.07. The van der Waals surface area contributed by atoms with Gasteiger partial charge in [0, 0.05) is 50.7 Å². The summed E-state index contributed by atoms with van der Waals surface area (Å²) in [5.74, 6) is 2.03. The van der Waals surface area contributed by atoms with Crippen LogP contribution in [0.15, 0.2) is 49.1 Å². The Labute approximate surface area is 265 Å². The first-order chi connectivity index (χ1) is 21.7. The molecule has 6 rings (SSSR count). The number of aromatic nitrogens is 3. The highest BCUT2D eigenvalue weighted by atomic mass is 19.1. The zero-order valence-electron chi connectivity index (χ0n) is 26.7. The van der Waals surface area contributed by atoms with Crippen molar-refractivity contribution in [1.29, 1.82) is 0 Å². The van der Waals surface area contributed by atoms with Crippen LogP contribution >= 0.6 is 0 Å². The van der Waals surface area contributed by atoms with Crippen molar-refractivity contribution >= 4 is 23.2 Å². The Morgan fingerprint density at radius 1 is 1.04 bits per heavy atom. The van der Waals surface area contributed by atoms with Gasteiger partial charge in [0.25, 0.3) is 5.91 Å². The lowest BCUT2D eigenvalue weighted by Crippen LogP contribution is -2.61. The summed E-state index contributed by atoms with van der Waals surface area (Å²) in [4.78, 5) is 35.4. The number of anilines is 3. The molecule has 1 aromatic carbocycles. The number of nitrogens with two attached hydrogens (primary N) is 1. The smallest absolute Gasteiger partial charge is 0.257 e. The topological polar surface area (TPSA) is 104 Å². The number of likely N-dealkylation sites (tertiary alicyclic amines) is 1. The Morgan fingerprint density at radius 3 is 2.47 bits per heavy atom. The minimum Gasteiger partial charge on any atom is -0.451 e. The van der Waals surface area contributed by atoms with E-state index < -0.39 is 5.82 Å². The summed E-state index contributed by atoms with van der Waals surface area (Å²) >= 11 is 0. The molecule has 3 saturated heterocycles. The molecule has 0 saturated carbocycles. The van der Waals surface area contributed by atoms with Crippen LogP contribution in [0.2, 0.25) is 0 Å². The van der Waals surface area contributed by atoms with E-state index in [1.807, 2.05) is 33.0 Å². The minimum atomic E-state index is -0.479. The molecule has 3 aliphatic rings. The van der Waals surface area contributed by atoms with Crippen LogP contribution in [-0.2, 0) is 0 Å². The second-order valence-electron chi connectivity index (χ2n) is 13.2. The van der Waals surface area contributed by atoms with Gasteiger partial charge in [-0.15, -0.1) is 0 Å². The van der Waals surface area contributed by atoms with E-state index in [1.54, 1.807) is 11.1 Å². The third kappa shape index (κ3) is 6.83. The minimum absolute atomic E-state index is 0.0240. The lowest BCUT2D eigenvalue weighted by atomic mass is 9.72. The number of nitrogens with zero attached hydrogens (tertiary/aromatic N) is 7. The summed E-state index contributed by atoms with van der Waals surface area (Å²) in [6.07, 6.45) is 9.77. The third-order valence-electron chi connectivity index (χ3n) is 9.81. The van der Waals surface area contributed by atoms with E-state index in [-0.39, 0.29) is 22.9 Å². The third-order valence-corrected chi connectivity index (χ3v) is 9.81. The maximum absolute atomic E-state index is 14.3. The van der Waals surface area contributed by atoms with Gasteiger partial charge in [0.2, 0.25) is 0 Å². The van der Waals surface area contributed by atoms with Crippen LogP contribution in [0.25, 0.3) is 0 Å². The number of amides is 1. The van der Waals surface area contributed by atoms with Crippen molar-refractivity contribution in [3.05, 3.63) is 60.4 Å². The fraction of sp³-hybridized carbons (Fsp3) is 0.529. The van der Waals surface area contributed by atoms with Gasteiger partial charge in [0.05, 0.1) is 23.6 Å². The Balaban J connectivity index is 1.03. The van der Waals surface area contributed by atoms with Gasteiger partial charge in [-0.25, -0.2) is 19.3 Å². The maximum atomic E-state index is 14.3. The van der Waals surface area contributed by atoms with Crippen LogP contribution in [-0.4, -0.2) is 89.1 Å². The van der Waals surface area contributed by atoms with Crippen molar-refractivity contribution in [3.8, 4) is 11.5 Å². The van der Waals surface area contributed by atoms with Crippen LogP contribution in [0.3, 0.4) is 0 Å². The summed E-state index contributed by atoms with van der Waals surface area (Å²) in [5, 5.41) is 0. The second kappa shape index (κ2) is 13.2. The number of ether oxygens (including phenoxy) is 1. The highest BCUT2D eigenvalue weighted by molar-refractivity contribution is 5.97. The summed E-state index contributed by atoms with van der Waals surface area (Å²) in [5.41, 5.74) is 7.39. The number of nitrogen functional groups attached to an aromatic ring is 1. The number of halogens is 1. The number of piperidine rings is 2. The van der Waals surface area contributed by atoms with E-state index in [0.717, 1.165) is 50.9 Å². The van der Waals surface area contributed by atoms with Crippen molar-refractivity contribution < 1.29 is 13.9 Å². The van der Waals surface area contributed by atoms with Crippen molar-refractivity contribution in [2.75, 3.05) is 67.9 Å². The van der Waals surface area contributed by atoms with Crippen molar-refractivity contribution in [3.63, 3.8) is 0 Å². The predicted octanol–water partition coefficient (Wildman–Crippen LogP) is 5.07. The molecule has 240 valence electrons. The van der Waals surface area contributed by atoms with Crippen LogP contribution in [0.5, 0.6) is 11.5 Å². The maximum Gasteiger partial charge on any atom is 0.257 e. The summed E-state index contributed by atoms with van der Waals surface area (Å²) in [6, 6.07) is 8.00. The molecule has 5 heterocycles. The molecule has 2 aromatic heterocycles. The molecule has 1 spiro atoms. The number of hydrogen-bond donors (Lipinski definition) is 1. The summed E-state index contributed by atoms with van der Waals surface area (Å²) in [6.45, 7) is 13.7. The molecule has 0 radical (unpaired) electrons. The molecule has 3 fully saturated rings. The van der Waals surface area contributed by atoms with Gasteiger partial charge in [-0.2, -0.15) is 0 Å². The largest absolute Gasteiger partial charge is 0.451 e. The summed E-state index contributed by atoms with van der Waals surface area (Å²) in [7, 11) is 0. The van der Waals surface area contributed by atoms with Gasteiger partial charge in [0.15, 0.2) is 11.6 Å². The molecule has 0 unspecified atom stereocenters. The number of hydrogen-bond acceptors (Lipinski definition) is 9. The van der Waals surface area contributed by atoms with Crippen molar-refractivity contribution in [2.24, 2.45) is 11.3 Å². The fourth-order valence-corrected chi connectivity index (χ4v) is 7.16. The molecule has 10 nitrogen and oxygen atoms in total. The summed E-state index contributed by atoms with van der Waals surface area (Å²) < 4.78 is 20.5. The highest BCUT2D eigenvalue weighted by Gasteiger charge is 2.46. The number of pyridine rings is 1. The number of carbonyl (C=O) groups excluding carboxylic acids is 1. The number of rotatable bonds is 9. The zero-order chi connectivity index (χ0) is 31.6. The monoisotopic (exact) mass is 616 g/mol. The van der Waals surface area contributed by atoms with Gasteiger partial charge >= 0.3 is 0 Å². The molecular formula is C34H45FN8O2. The van der Waals surface area contributed by atoms with E-state index in [4.69, 9.17) is 10.5 Å². The lowest BCUT2D eigenvalue weighted by Gasteiger charge is -2.54. The van der Waals surface area contributed by atoms with Crippen LogP contribution in [0.1, 0.15) is 56.8 Å². The first-order valence-electron chi connectivity index (χ1n) is 16.3. The van der Waals surface area contributed by atoms with Crippen molar-refractivity contribution in [1.82, 2.24) is 24.8 Å². The lowest BCUT2D eigenvalue weighted by molar-refractivity contribution is 0.0641. The molecule has 1 amide bonds. The molecule has 0 aliphatic carbocycles. The average molecular weight is 617 g/mol. The van der Waals surface area contributed by atoms with E-state index in [2.05, 4.69) is 35.7 Å². The van der Waals surface area contributed by atoms with Gasteiger partial charge in [-0.1, -0.05) is 0 Å². The standard InChI is InChI=1S/C34H45FN8O2/c1-4-43(24(2)3)33(44)28-17-26(35)5-7-29(28)45-30-19-37-23-39-32(30)42-21-34(22-42)11-15-40(16-12-34)20-25-9-13-41(14-10-25)27-6-8-31(36)38-18-27/h5-8,17-19,23-25H,4,9-16,20-22H2,1-3H3,(H2,36,38). The molecule has 0 bridgehead atoms. The first-order valence-corrected chi connectivity index (χ1v) is 16.3. The fourth-order valence-electron chi connectivity index (χ4n) is 7.16. The zero-order valence-corrected chi connectivity index (χ0v) is 26.7. The van der Waals surface area contributed by atoms with Crippen LogP contribution in [0.4, 0.5) is 21.7 Å². The first kappa shape index (κ1) is 31.0. The van der Waals surface area contributed by atoms with E-state index in [9.17, 15) is 9.18 Å². The normalized spacial score (nSPS) is 18.7. The Morgan fingerprint density at radius 2 is 1.80 bits per heavy atom. The van der Waals surface area contributed by atoms with E-state index in [0.29, 0.717) is 29.7 Å². The quantitative estimate of drug-likeness (QED) is 0.353. The van der Waals surface area contributed by atoms with E-state index >= 15 is 0 Å². The molecular weight excluding hydrogens is 571 g/mol.